The van der Waals surface area contributed by atoms with Gasteiger partial charge in [-0.2, -0.15) is 16.8 Å². The lowest BCUT2D eigenvalue weighted by atomic mass is 10.1. The quantitative estimate of drug-likeness (QED) is 0.302. The van der Waals surface area contributed by atoms with Crippen molar-refractivity contribution in [1.82, 2.24) is 0 Å². The first-order valence-corrected chi connectivity index (χ1v) is 14.1. The van der Waals surface area contributed by atoms with E-state index in [0.717, 1.165) is 4.90 Å². The Hall–Kier alpha value is -4.35. The van der Waals surface area contributed by atoms with E-state index in [9.17, 15) is 21.6 Å². The van der Waals surface area contributed by atoms with E-state index >= 15 is 0 Å². The number of carbonyl (C=O) groups excluding carboxylic acids is 1. The van der Waals surface area contributed by atoms with E-state index in [4.69, 9.17) is 14.1 Å². The molecule has 4 aromatic carbocycles. The van der Waals surface area contributed by atoms with Crippen LogP contribution in [0.5, 0.6) is 11.5 Å². The molecule has 11 heteroatoms. The number of amides is 2. The number of benzene rings is 4. The molecule has 0 saturated carbocycles. The first kappa shape index (κ1) is 26.7. The summed E-state index contributed by atoms with van der Waals surface area (Å²) in [5.74, 6) is -0.0133. The molecule has 0 bridgehead atoms. The van der Waals surface area contributed by atoms with Crippen LogP contribution in [0.4, 0.5) is 16.2 Å². The fourth-order valence-corrected chi connectivity index (χ4v) is 5.55. The molecule has 0 atom stereocenters. The Balaban J connectivity index is 1.71. The Morgan fingerprint density at radius 3 is 1.34 bits per heavy atom. The number of aryl methyl sites for hydroxylation is 2. The van der Waals surface area contributed by atoms with Gasteiger partial charge < -0.3 is 14.1 Å². The molecule has 4 aromatic rings. The van der Waals surface area contributed by atoms with Gasteiger partial charge >= 0.3 is 26.3 Å². The summed E-state index contributed by atoms with van der Waals surface area (Å²) >= 11 is 0. The smallest absolute Gasteiger partial charge is 0.339 e. The Labute approximate surface area is 221 Å². The lowest BCUT2D eigenvalue weighted by molar-refractivity contribution is 0.256. The number of urea groups is 1. The van der Waals surface area contributed by atoms with Crippen LogP contribution < -0.4 is 19.0 Å². The molecule has 0 fully saturated rings. The standard InChI is InChI=1S/C27H24N2O7S2/c1-19-13-15-21(17-25(19)35-37(31,32)23-9-5-3-6-10-23)29(27(28)30)22-16-14-20(2)26(18-22)36-38(33,34)24-11-7-4-8-12-24/h3-18H,1-2H3,(H2,28,30). The van der Waals surface area contributed by atoms with Crippen LogP contribution in [0.2, 0.25) is 0 Å². The van der Waals surface area contributed by atoms with Gasteiger partial charge in [0.2, 0.25) is 0 Å². The molecule has 0 spiro atoms. The van der Waals surface area contributed by atoms with E-state index in [1.807, 2.05) is 0 Å². The Bertz CT molecular complexity index is 1570. The highest BCUT2D eigenvalue weighted by Gasteiger charge is 2.23. The summed E-state index contributed by atoms with van der Waals surface area (Å²) < 4.78 is 61.8. The van der Waals surface area contributed by atoms with Crippen LogP contribution in [0, 0.1) is 13.8 Å². The third-order valence-corrected chi connectivity index (χ3v) is 8.04. The maximum absolute atomic E-state index is 12.8. The van der Waals surface area contributed by atoms with Crippen LogP contribution in [-0.2, 0) is 20.2 Å². The van der Waals surface area contributed by atoms with Crippen molar-refractivity contribution in [3.05, 3.63) is 108 Å². The van der Waals surface area contributed by atoms with E-state index < -0.39 is 26.3 Å². The number of rotatable bonds is 8. The van der Waals surface area contributed by atoms with Gasteiger partial charge in [-0.05, 0) is 61.4 Å². The van der Waals surface area contributed by atoms with Crippen molar-refractivity contribution >= 4 is 37.6 Å². The molecule has 0 aliphatic carbocycles. The molecule has 9 nitrogen and oxygen atoms in total. The van der Waals surface area contributed by atoms with Gasteiger partial charge in [-0.15, -0.1) is 0 Å². The molecule has 0 radical (unpaired) electrons. The maximum atomic E-state index is 12.8. The summed E-state index contributed by atoms with van der Waals surface area (Å²) in [6, 6.07) is 23.4. The summed E-state index contributed by atoms with van der Waals surface area (Å²) in [4.78, 5) is 13.6. The summed E-state index contributed by atoms with van der Waals surface area (Å²) in [5, 5.41) is 0. The number of nitrogens with two attached hydrogens (primary N) is 1. The Morgan fingerprint density at radius 1 is 0.632 bits per heavy atom. The van der Waals surface area contributed by atoms with Gasteiger partial charge in [0.1, 0.15) is 21.3 Å². The zero-order valence-electron chi connectivity index (χ0n) is 20.4. The van der Waals surface area contributed by atoms with E-state index in [0.29, 0.717) is 11.1 Å². The van der Waals surface area contributed by atoms with E-state index in [-0.39, 0.29) is 32.7 Å². The number of hydrogen-bond acceptors (Lipinski definition) is 7. The van der Waals surface area contributed by atoms with Gasteiger partial charge in [-0.3, -0.25) is 4.90 Å². The van der Waals surface area contributed by atoms with Crippen LogP contribution in [-0.4, -0.2) is 22.9 Å². The molecule has 196 valence electrons. The largest absolute Gasteiger partial charge is 0.379 e. The number of carbonyl (C=O) groups is 1. The first-order valence-electron chi connectivity index (χ1n) is 11.3. The number of primary amides is 1. The first-order chi connectivity index (χ1) is 18.0. The third-order valence-electron chi connectivity index (χ3n) is 5.54. The third kappa shape index (κ3) is 5.79. The van der Waals surface area contributed by atoms with Crippen molar-refractivity contribution in [3.63, 3.8) is 0 Å². The molecule has 0 saturated heterocycles. The lowest BCUT2D eigenvalue weighted by Crippen LogP contribution is -2.31. The summed E-state index contributed by atoms with van der Waals surface area (Å²) in [6.07, 6.45) is 0. The van der Waals surface area contributed by atoms with Crippen LogP contribution in [0.3, 0.4) is 0 Å². The minimum Gasteiger partial charge on any atom is -0.379 e. The Kier molecular flexibility index (Phi) is 7.42. The summed E-state index contributed by atoms with van der Waals surface area (Å²) in [5.41, 5.74) is 7.07. The van der Waals surface area contributed by atoms with Crippen molar-refractivity contribution < 1.29 is 30.0 Å². The second-order valence-electron chi connectivity index (χ2n) is 8.27. The average Bonchev–Trinajstić information content (AvgIpc) is 2.88. The normalized spacial score (nSPS) is 11.5. The summed E-state index contributed by atoms with van der Waals surface area (Å²) in [6.45, 7) is 3.31. The van der Waals surface area contributed by atoms with Crippen molar-refractivity contribution in [2.75, 3.05) is 4.90 Å². The molecular formula is C27H24N2O7S2. The molecular weight excluding hydrogens is 528 g/mol. The molecule has 2 amide bonds. The molecule has 4 rings (SSSR count). The van der Waals surface area contributed by atoms with Crippen molar-refractivity contribution in [2.45, 2.75) is 23.6 Å². The molecule has 0 unspecified atom stereocenters. The molecule has 0 aromatic heterocycles. The van der Waals surface area contributed by atoms with Crippen molar-refractivity contribution in [2.24, 2.45) is 5.73 Å². The van der Waals surface area contributed by atoms with Gasteiger partial charge in [0.05, 0.1) is 11.4 Å². The van der Waals surface area contributed by atoms with E-state index in [1.165, 1.54) is 36.4 Å². The highest BCUT2D eigenvalue weighted by molar-refractivity contribution is 7.87. The van der Waals surface area contributed by atoms with Crippen LogP contribution in [0.15, 0.2) is 107 Å². The number of nitrogens with zero attached hydrogens (tertiary/aromatic N) is 1. The second kappa shape index (κ2) is 10.6. The number of anilines is 2. The van der Waals surface area contributed by atoms with Gasteiger partial charge in [0.15, 0.2) is 0 Å². The minimum absolute atomic E-state index is 0.00663. The fraction of sp³-hybridized carbons (Fsp3) is 0.0741. The summed E-state index contributed by atoms with van der Waals surface area (Å²) in [7, 11) is -8.29. The van der Waals surface area contributed by atoms with Gasteiger partial charge in [-0.25, -0.2) is 4.79 Å². The second-order valence-corrected chi connectivity index (χ2v) is 11.4. The van der Waals surface area contributed by atoms with Gasteiger partial charge in [-0.1, -0.05) is 48.5 Å². The predicted molar refractivity (Wildman–Crippen MR) is 143 cm³/mol. The average molecular weight is 553 g/mol. The van der Waals surface area contributed by atoms with Crippen molar-refractivity contribution in [3.8, 4) is 11.5 Å². The molecule has 0 aliphatic rings. The highest BCUT2D eigenvalue weighted by atomic mass is 32.2. The SMILES string of the molecule is Cc1ccc(N(C(N)=O)c2ccc(C)c(OS(=O)(=O)c3ccccc3)c2)cc1OS(=O)(=O)c1ccccc1. The van der Waals surface area contributed by atoms with E-state index in [1.54, 1.807) is 74.5 Å². The molecule has 38 heavy (non-hydrogen) atoms. The zero-order valence-corrected chi connectivity index (χ0v) is 22.1. The lowest BCUT2D eigenvalue weighted by Gasteiger charge is -2.23. The van der Waals surface area contributed by atoms with Gasteiger partial charge in [0.25, 0.3) is 0 Å². The fourth-order valence-electron chi connectivity index (χ4n) is 3.55. The van der Waals surface area contributed by atoms with E-state index in [2.05, 4.69) is 0 Å². The monoisotopic (exact) mass is 552 g/mol. The minimum atomic E-state index is -4.14. The topological polar surface area (TPSA) is 133 Å². The van der Waals surface area contributed by atoms with Crippen LogP contribution in [0.25, 0.3) is 0 Å². The van der Waals surface area contributed by atoms with Crippen LogP contribution >= 0.6 is 0 Å². The van der Waals surface area contributed by atoms with Crippen LogP contribution in [0.1, 0.15) is 11.1 Å². The predicted octanol–water partition coefficient (Wildman–Crippen LogP) is 5.06. The Morgan fingerprint density at radius 2 is 1.00 bits per heavy atom. The maximum Gasteiger partial charge on any atom is 0.339 e. The highest BCUT2D eigenvalue weighted by Crippen LogP contribution is 2.35. The van der Waals surface area contributed by atoms with Crippen molar-refractivity contribution in [1.29, 1.82) is 0 Å². The molecule has 2 N–H and O–H groups in total. The molecule has 0 aliphatic heterocycles. The number of hydrogen-bond donors (Lipinski definition) is 1. The molecule has 0 heterocycles. The zero-order chi connectivity index (χ0) is 27.5. The van der Waals surface area contributed by atoms with Gasteiger partial charge in [0, 0.05) is 12.1 Å².